The summed E-state index contributed by atoms with van der Waals surface area (Å²) in [6, 6.07) is 9.53. The van der Waals surface area contributed by atoms with E-state index in [-0.39, 0.29) is 5.91 Å². The van der Waals surface area contributed by atoms with Gasteiger partial charge in [0.1, 0.15) is 0 Å². The fraction of sp³-hybridized carbons (Fsp3) is 0.333. The van der Waals surface area contributed by atoms with Crippen LogP contribution in [0.1, 0.15) is 18.4 Å². The molecule has 0 aromatic heterocycles. The van der Waals surface area contributed by atoms with Crippen LogP contribution >= 0.6 is 0 Å². The van der Waals surface area contributed by atoms with Gasteiger partial charge in [-0.25, -0.2) is 0 Å². The molecule has 0 saturated carbocycles. The number of amides is 1. The molecule has 19 heavy (non-hydrogen) atoms. The fourth-order valence-corrected chi connectivity index (χ4v) is 2.28. The normalized spacial score (nSPS) is 21.9. The lowest BCUT2D eigenvalue weighted by Gasteiger charge is -2.28. The number of carboxylic acids is 1. The predicted octanol–water partition coefficient (Wildman–Crippen LogP) is 0.635. The van der Waals surface area contributed by atoms with Crippen molar-refractivity contribution in [2.24, 2.45) is 11.8 Å². The third-order valence-electron chi connectivity index (χ3n) is 3.38. The smallest absolute Gasteiger partial charge is 0.224 e. The van der Waals surface area contributed by atoms with Crippen LogP contribution in [0, 0.1) is 11.8 Å². The number of carboxylic acid groups (broad SMARTS) is 1. The van der Waals surface area contributed by atoms with Crippen LogP contribution in [0.25, 0.3) is 0 Å². The standard InChI is InChI=1S/C15H17NO3/c17-14(16-10-11-6-2-1-3-7-11)12-8-4-5-9-13(12)15(18)19/h1-7,12-13H,8-10H2,(H,16,17)(H,18,19)/p-1/t12-,13+/m1/s1. The van der Waals surface area contributed by atoms with Gasteiger partial charge in [0.15, 0.2) is 0 Å². The molecule has 2 rings (SSSR count). The molecule has 1 aromatic rings. The van der Waals surface area contributed by atoms with Crippen LogP contribution in [-0.4, -0.2) is 11.9 Å². The van der Waals surface area contributed by atoms with E-state index in [9.17, 15) is 14.7 Å². The molecule has 0 heterocycles. The molecule has 0 spiro atoms. The summed E-state index contributed by atoms with van der Waals surface area (Å²) in [5.74, 6) is -2.62. The van der Waals surface area contributed by atoms with Crippen molar-refractivity contribution in [3.05, 3.63) is 48.0 Å². The Morgan fingerprint density at radius 3 is 2.37 bits per heavy atom. The summed E-state index contributed by atoms with van der Waals surface area (Å²) in [6.45, 7) is 0.416. The molecule has 2 atom stereocenters. The number of carbonyl (C=O) groups excluding carboxylic acids is 2. The van der Waals surface area contributed by atoms with E-state index in [1.54, 1.807) is 6.08 Å². The zero-order chi connectivity index (χ0) is 13.7. The highest BCUT2D eigenvalue weighted by molar-refractivity contribution is 5.84. The molecule has 0 saturated heterocycles. The molecule has 100 valence electrons. The lowest BCUT2D eigenvalue weighted by molar-refractivity contribution is -0.313. The molecule has 1 N–H and O–H groups in total. The minimum atomic E-state index is -1.15. The molecule has 1 aliphatic carbocycles. The second kappa shape index (κ2) is 6.18. The van der Waals surface area contributed by atoms with Crippen molar-refractivity contribution in [2.75, 3.05) is 0 Å². The van der Waals surface area contributed by atoms with E-state index >= 15 is 0 Å². The second-order valence-electron chi connectivity index (χ2n) is 4.68. The minimum absolute atomic E-state index is 0.220. The molecule has 0 unspecified atom stereocenters. The number of nitrogens with one attached hydrogen (secondary N) is 1. The molecule has 4 heteroatoms. The summed E-state index contributed by atoms with van der Waals surface area (Å²) in [4.78, 5) is 23.1. The molecule has 0 radical (unpaired) electrons. The molecule has 4 nitrogen and oxygen atoms in total. The lowest BCUT2D eigenvalue weighted by atomic mass is 9.82. The largest absolute Gasteiger partial charge is 0.550 e. The van der Waals surface area contributed by atoms with Gasteiger partial charge >= 0.3 is 0 Å². The zero-order valence-electron chi connectivity index (χ0n) is 10.5. The summed E-state index contributed by atoms with van der Waals surface area (Å²) in [6.07, 6.45) is 4.47. The Morgan fingerprint density at radius 1 is 1.11 bits per heavy atom. The van der Waals surface area contributed by atoms with E-state index in [2.05, 4.69) is 5.32 Å². The minimum Gasteiger partial charge on any atom is -0.550 e. The Kier molecular flexibility index (Phi) is 4.34. The average molecular weight is 258 g/mol. The van der Waals surface area contributed by atoms with Gasteiger partial charge in [0, 0.05) is 24.3 Å². The van der Waals surface area contributed by atoms with Gasteiger partial charge in [0.05, 0.1) is 0 Å². The Bertz CT molecular complexity index is 481. The molecule has 1 aliphatic rings. The van der Waals surface area contributed by atoms with Gasteiger partial charge < -0.3 is 15.2 Å². The number of rotatable bonds is 4. The van der Waals surface area contributed by atoms with Crippen LogP contribution in [0.5, 0.6) is 0 Å². The highest BCUT2D eigenvalue weighted by Crippen LogP contribution is 2.25. The van der Waals surface area contributed by atoms with Gasteiger partial charge in [-0.15, -0.1) is 0 Å². The summed E-state index contributed by atoms with van der Waals surface area (Å²) in [7, 11) is 0. The number of allylic oxidation sites excluding steroid dienone is 2. The number of benzene rings is 1. The molecular formula is C15H16NO3-. The maximum absolute atomic E-state index is 12.1. The molecule has 1 aromatic carbocycles. The van der Waals surface area contributed by atoms with Crippen LogP contribution in [-0.2, 0) is 16.1 Å². The molecular weight excluding hydrogens is 242 g/mol. The number of hydrogen-bond acceptors (Lipinski definition) is 3. The van der Waals surface area contributed by atoms with Crippen LogP contribution in [0.2, 0.25) is 0 Å². The van der Waals surface area contributed by atoms with Crippen LogP contribution in [0.4, 0.5) is 0 Å². The average Bonchev–Trinajstić information content (AvgIpc) is 2.46. The third-order valence-corrected chi connectivity index (χ3v) is 3.38. The van der Waals surface area contributed by atoms with Gasteiger partial charge in [-0.05, 0) is 18.4 Å². The first-order chi connectivity index (χ1) is 9.18. The predicted molar refractivity (Wildman–Crippen MR) is 68.6 cm³/mol. The number of aliphatic carboxylic acids is 1. The second-order valence-corrected chi connectivity index (χ2v) is 4.68. The van der Waals surface area contributed by atoms with Crippen molar-refractivity contribution in [1.29, 1.82) is 0 Å². The highest BCUT2D eigenvalue weighted by Gasteiger charge is 2.29. The van der Waals surface area contributed by atoms with Gasteiger partial charge in [-0.1, -0.05) is 42.5 Å². The van der Waals surface area contributed by atoms with Crippen molar-refractivity contribution in [3.63, 3.8) is 0 Å². The van der Waals surface area contributed by atoms with Crippen LogP contribution < -0.4 is 10.4 Å². The van der Waals surface area contributed by atoms with Crippen LogP contribution in [0.15, 0.2) is 42.5 Å². The van der Waals surface area contributed by atoms with E-state index in [1.807, 2.05) is 36.4 Å². The monoisotopic (exact) mass is 258 g/mol. The molecule has 1 amide bonds. The van der Waals surface area contributed by atoms with Crippen LogP contribution in [0.3, 0.4) is 0 Å². The van der Waals surface area contributed by atoms with Crippen molar-refractivity contribution < 1.29 is 14.7 Å². The Balaban J connectivity index is 1.95. The van der Waals surface area contributed by atoms with Gasteiger partial charge in [-0.3, -0.25) is 4.79 Å². The Hall–Kier alpha value is -2.10. The summed E-state index contributed by atoms with van der Waals surface area (Å²) in [5.41, 5.74) is 0.993. The van der Waals surface area contributed by atoms with Crippen molar-refractivity contribution in [1.82, 2.24) is 5.32 Å². The molecule has 0 bridgehead atoms. The van der Waals surface area contributed by atoms with Gasteiger partial charge in [-0.2, -0.15) is 0 Å². The summed E-state index contributed by atoms with van der Waals surface area (Å²) < 4.78 is 0. The molecule has 0 aliphatic heterocycles. The number of carbonyl (C=O) groups is 2. The third kappa shape index (κ3) is 3.44. The van der Waals surface area contributed by atoms with Crippen molar-refractivity contribution in [2.45, 2.75) is 19.4 Å². The van der Waals surface area contributed by atoms with E-state index < -0.39 is 17.8 Å². The highest BCUT2D eigenvalue weighted by atomic mass is 16.4. The van der Waals surface area contributed by atoms with E-state index in [1.165, 1.54) is 0 Å². The summed E-state index contributed by atoms with van der Waals surface area (Å²) >= 11 is 0. The SMILES string of the molecule is O=C([O-])[C@H]1CC=CC[C@H]1C(=O)NCc1ccccc1. The number of hydrogen-bond donors (Lipinski definition) is 1. The zero-order valence-corrected chi connectivity index (χ0v) is 10.5. The first kappa shape index (κ1) is 13.3. The molecule has 0 fully saturated rings. The lowest BCUT2D eigenvalue weighted by Crippen LogP contribution is -2.43. The van der Waals surface area contributed by atoms with Gasteiger partial charge in [0.2, 0.25) is 5.91 Å². The maximum atomic E-state index is 12.1. The van der Waals surface area contributed by atoms with E-state index in [4.69, 9.17) is 0 Å². The first-order valence-electron chi connectivity index (χ1n) is 6.36. The topological polar surface area (TPSA) is 69.2 Å². The van der Waals surface area contributed by atoms with Crippen molar-refractivity contribution in [3.8, 4) is 0 Å². The Labute approximate surface area is 112 Å². The maximum Gasteiger partial charge on any atom is 0.224 e. The van der Waals surface area contributed by atoms with Gasteiger partial charge in [0.25, 0.3) is 0 Å². The quantitative estimate of drug-likeness (QED) is 0.806. The summed E-state index contributed by atoms with van der Waals surface area (Å²) in [5, 5.41) is 13.8. The van der Waals surface area contributed by atoms with E-state index in [0.29, 0.717) is 19.4 Å². The van der Waals surface area contributed by atoms with E-state index in [0.717, 1.165) is 5.56 Å². The van der Waals surface area contributed by atoms with Crippen molar-refractivity contribution >= 4 is 11.9 Å². The first-order valence-corrected chi connectivity index (χ1v) is 6.36. The fourth-order valence-electron chi connectivity index (χ4n) is 2.28. The Morgan fingerprint density at radius 2 is 1.74 bits per heavy atom.